The van der Waals surface area contributed by atoms with Gasteiger partial charge >= 0.3 is 6.09 Å². The number of benzene rings is 2. The first-order valence-electron chi connectivity index (χ1n) is 17.1. The number of amides is 1. The molecule has 3 N–H and O–H groups in total. The van der Waals surface area contributed by atoms with Crippen LogP contribution in [-0.4, -0.2) is 70.9 Å². The van der Waals surface area contributed by atoms with Crippen molar-refractivity contribution in [3.63, 3.8) is 0 Å². The number of hydrogen-bond donors (Lipinski definition) is 2. The standard InChI is InChI=1S/C22H29N3O3.C17H21N3O.CH4/c1-22(2,3)28-21(26)24-11-8-17-4-6-20(7-5-17)27-13-12-25-15-18-9-10-23-14-19(18)16-25;18-7-5-14-1-3-17(4-2-14)21-10-9-20-12-15-6-8-19-11-16(15)13-20;/h4-7,9-10,14H,8,11-13,15-16H2,1-3H3,(H,24,26);1-4,6,8,11H,5,7,9-10,12-13,18H2;1H4. The lowest BCUT2D eigenvalue weighted by molar-refractivity contribution is 0.0528. The summed E-state index contributed by atoms with van der Waals surface area (Å²) in [5.74, 6) is 1.79. The summed E-state index contributed by atoms with van der Waals surface area (Å²) in [6.45, 7) is 13.8. The summed E-state index contributed by atoms with van der Waals surface area (Å²) in [5, 5.41) is 2.77. The molecule has 0 atom stereocenters. The number of aromatic nitrogens is 2. The minimum absolute atomic E-state index is 0. The number of carbonyl (C=O) groups is 1. The molecule has 0 saturated carbocycles. The molecule has 0 unspecified atom stereocenters. The van der Waals surface area contributed by atoms with Crippen molar-refractivity contribution in [1.82, 2.24) is 25.1 Å². The first-order valence-corrected chi connectivity index (χ1v) is 17.1. The van der Waals surface area contributed by atoms with Crippen molar-refractivity contribution in [3.8, 4) is 11.5 Å². The second-order valence-electron chi connectivity index (χ2n) is 13.4. The highest BCUT2D eigenvalue weighted by molar-refractivity contribution is 5.67. The van der Waals surface area contributed by atoms with Crippen LogP contribution >= 0.6 is 0 Å². The van der Waals surface area contributed by atoms with Crippen LogP contribution in [0.1, 0.15) is 61.6 Å². The fraction of sp³-hybridized carbons (Fsp3) is 0.425. The Labute approximate surface area is 298 Å². The summed E-state index contributed by atoms with van der Waals surface area (Å²) >= 11 is 0. The third-order valence-corrected chi connectivity index (χ3v) is 8.30. The second-order valence-corrected chi connectivity index (χ2v) is 13.4. The molecule has 268 valence electrons. The van der Waals surface area contributed by atoms with Gasteiger partial charge in [0.1, 0.15) is 30.3 Å². The normalized spacial score (nSPS) is 13.7. The van der Waals surface area contributed by atoms with E-state index in [1.807, 2.05) is 82.0 Å². The number of ether oxygens (including phenoxy) is 3. The van der Waals surface area contributed by atoms with Crippen molar-refractivity contribution in [1.29, 1.82) is 0 Å². The summed E-state index contributed by atoms with van der Waals surface area (Å²) in [6.07, 6.45) is 8.91. The van der Waals surface area contributed by atoms with Gasteiger partial charge in [0.15, 0.2) is 0 Å². The molecule has 0 bridgehead atoms. The lowest BCUT2D eigenvalue weighted by Crippen LogP contribution is -2.33. The zero-order chi connectivity index (χ0) is 34.5. The van der Waals surface area contributed by atoms with Crippen molar-refractivity contribution in [2.45, 2.75) is 72.8 Å². The Kier molecular flexibility index (Phi) is 14.6. The van der Waals surface area contributed by atoms with E-state index in [1.165, 1.54) is 27.8 Å². The Bertz CT molecular complexity index is 1560. The molecule has 2 aliphatic heterocycles. The van der Waals surface area contributed by atoms with Gasteiger partial charge in [0.25, 0.3) is 0 Å². The summed E-state index contributed by atoms with van der Waals surface area (Å²) in [6, 6.07) is 20.4. The molecule has 4 heterocycles. The Hall–Kier alpha value is -4.51. The average molecular weight is 683 g/mol. The zero-order valence-corrected chi connectivity index (χ0v) is 29.1. The molecule has 0 fully saturated rings. The molecule has 2 aromatic carbocycles. The maximum absolute atomic E-state index is 11.6. The van der Waals surface area contributed by atoms with Gasteiger partial charge in [0.05, 0.1) is 0 Å². The van der Waals surface area contributed by atoms with Gasteiger partial charge in [-0.3, -0.25) is 19.8 Å². The summed E-state index contributed by atoms with van der Waals surface area (Å²) < 4.78 is 16.9. The number of rotatable bonds is 13. The fourth-order valence-electron chi connectivity index (χ4n) is 5.78. The van der Waals surface area contributed by atoms with Crippen molar-refractivity contribution >= 4 is 6.09 Å². The molecule has 10 heteroatoms. The number of carbonyl (C=O) groups excluding carboxylic acids is 1. The zero-order valence-electron chi connectivity index (χ0n) is 29.1. The van der Waals surface area contributed by atoms with Crippen molar-refractivity contribution in [3.05, 3.63) is 119 Å². The molecule has 0 radical (unpaired) electrons. The minimum Gasteiger partial charge on any atom is -0.492 e. The molecular weight excluding hydrogens is 628 g/mol. The predicted octanol–water partition coefficient (Wildman–Crippen LogP) is 6.16. The fourth-order valence-corrected chi connectivity index (χ4v) is 5.78. The predicted molar refractivity (Wildman–Crippen MR) is 198 cm³/mol. The molecule has 2 aromatic heterocycles. The number of nitrogens with zero attached hydrogens (tertiary/aromatic N) is 4. The van der Waals surface area contributed by atoms with Gasteiger partial charge in [-0.15, -0.1) is 0 Å². The molecule has 4 aromatic rings. The minimum atomic E-state index is -0.474. The number of pyridine rings is 2. The van der Waals surface area contributed by atoms with Gasteiger partial charge in [-0.05, 0) is 110 Å². The van der Waals surface area contributed by atoms with Crippen molar-refractivity contribution < 1.29 is 19.0 Å². The highest BCUT2D eigenvalue weighted by Gasteiger charge is 2.19. The second kappa shape index (κ2) is 19.0. The maximum atomic E-state index is 11.6. The summed E-state index contributed by atoms with van der Waals surface area (Å²) in [7, 11) is 0. The Balaban J connectivity index is 0.000000229. The Morgan fingerprint density at radius 2 is 1.18 bits per heavy atom. The van der Waals surface area contributed by atoms with Crippen LogP contribution < -0.4 is 20.5 Å². The molecule has 0 saturated heterocycles. The van der Waals surface area contributed by atoms with E-state index in [0.717, 1.165) is 69.2 Å². The first-order chi connectivity index (χ1) is 23.7. The monoisotopic (exact) mass is 682 g/mol. The largest absolute Gasteiger partial charge is 0.492 e. The SMILES string of the molecule is C.CC(C)(C)OC(=O)NCCc1ccc(OCCN2Cc3ccncc3C2)cc1.NCCc1ccc(OCCN2Cc3ccncc3C2)cc1. The van der Waals surface area contributed by atoms with Crippen LogP contribution in [0.15, 0.2) is 85.5 Å². The van der Waals surface area contributed by atoms with Gasteiger partial charge in [-0.25, -0.2) is 4.79 Å². The molecule has 10 nitrogen and oxygen atoms in total. The van der Waals surface area contributed by atoms with Crippen molar-refractivity contribution in [2.75, 3.05) is 39.4 Å². The lowest BCUT2D eigenvalue weighted by atomic mass is 10.1. The van der Waals surface area contributed by atoms with Crippen LogP contribution in [0.4, 0.5) is 4.79 Å². The van der Waals surface area contributed by atoms with Gasteiger partial charge < -0.3 is 25.3 Å². The molecule has 0 spiro atoms. The van der Waals surface area contributed by atoms with Crippen LogP contribution in [0.2, 0.25) is 0 Å². The van der Waals surface area contributed by atoms with E-state index in [9.17, 15) is 4.79 Å². The van der Waals surface area contributed by atoms with E-state index in [2.05, 4.69) is 49.4 Å². The highest BCUT2D eigenvalue weighted by atomic mass is 16.6. The maximum Gasteiger partial charge on any atom is 0.407 e. The highest BCUT2D eigenvalue weighted by Crippen LogP contribution is 2.22. The lowest BCUT2D eigenvalue weighted by Gasteiger charge is -2.19. The number of nitrogens with one attached hydrogen (secondary N) is 1. The van der Waals surface area contributed by atoms with Crippen LogP contribution in [0, 0.1) is 0 Å². The van der Waals surface area contributed by atoms with Gasteiger partial charge in [-0.2, -0.15) is 0 Å². The summed E-state index contributed by atoms with van der Waals surface area (Å²) in [5.41, 5.74) is 12.9. The molecule has 0 aliphatic carbocycles. The topological polar surface area (TPSA) is 115 Å². The average Bonchev–Trinajstić information content (AvgIpc) is 3.69. The third kappa shape index (κ3) is 12.4. The van der Waals surface area contributed by atoms with Crippen LogP contribution in [0.25, 0.3) is 0 Å². The number of alkyl carbamates (subject to hydrolysis) is 1. The van der Waals surface area contributed by atoms with E-state index in [0.29, 0.717) is 26.3 Å². The van der Waals surface area contributed by atoms with Gasteiger partial charge in [0, 0.05) is 70.6 Å². The van der Waals surface area contributed by atoms with Crippen LogP contribution in [-0.2, 0) is 43.8 Å². The van der Waals surface area contributed by atoms with E-state index in [-0.39, 0.29) is 13.5 Å². The van der Waals surface area contributed by atoms with Crippen LogP contribution in [0.3, 0.4) is 0 Å². The molecule has 1 amide bonds. The van der Waals surface area contributed by atoms with Crippen molar-refractivity contribution in [2.24, 2.45) is 5.73 Å². The molecule has 50 heavy (non-hydrogen) atoms. The first kappa shape index (κ1) is 38.3. The van der Waals surface area contributed by atoms with E-state index in [4.69, 9.17) is 19.9 Å². The molecule has 2 aliphatic rings. The van der Waals surface area contributed by atoms with E-state index in [1.54, 1.807) is 0 Å². The Morgan fingerprint density at radius 3 is 1.62 bits per heavy atom. The van der Waals surface area contributed by atoms with E-state index >= 15 is 0 Å². The Morgan fingerprint density at radius 1 is 0.720 bits per heavy atom. The van der Waals surface area contributed by atoms with Gasteiger partial charge in [0.2, 0.25) is 0 Å². The van der Waals surface area contributed by atoms with Gasteiger partial charge in [-0.1, -0.05) is 31.7 Å². The number of hydrogen-bond acceptors (Lipinski definition) is 9. The summed E-state index contributed by atoms with van der Waals surface area (Å²) in [4.78, 5) is 24.8. The number of fused-ring (bicyclic) bond motifs is 2. The third-order valence-electron chi connectivity index (χ3n) is 8.30. The molecule has 6 rings (SSSR count). The van der Waals surface area contributed by atoms with Crippen LogP contribution in [0.5, 0.6) is 11.5 Å². The molecular formula is C40H54N6O4. The number of nitrogens with two attached hydrogens (primary N) is 1. The van der Waals surface area contributed by atoms with E-state index < -0.39 is 5.60 Å². The quantitative estimate of drug-likeness (QED) is 0.171. The smallest absolute Gasteiger partial charge is 0.407 e.